The highest BCUT2D eigenvalue weighted by molar-refractivity contribution is 7.98. The molecule has 2 heterocycles. The summed E-state index contributed by atoms with van der Waals surface area (Å²) in [6.45, 7) is 2.48. The van der Waals surface area contributed by atoms with Gasteiger partial charge in [-0.1, -0.05) is 19.1 Å². The van der Waals surface area contributed by atoms with E-state index in [9.17, 15) is 8.78 Å². The van der Waals surface area contributed by atoms with Gasteiger partial charge in [-0.3, -0.25) is 8.95 Å². The summed E-state index contributed by atoms with van der Waals surface area (Å²) in [5.41, 5.74) is 5.73. The number of aromatic nitrogens is 1. The predicted octanol–water partition coefficient (Wildman–Crippen LogP) is 6.35. The third-order valence-electron chi connectivity index (χ3n) is 4.70. The Bertz CT molecular complexity index is 1130. The average Bonchev–Trinajstić information content (AvgIpc) is 2.97. The molecular weight excluding hydrogens is 410 g/mol. The molecular formula is C22H20F2N2OS2. The van der Waals surface area contributed by atoms with E-state index in [1.807, 2.05) is 35.0 Å². The number of nitrogens with zero attached hydrogens (tertiary/aromatic N) is 2. The maximum atomic E-state index is 14.6. The number of aryl methyl sites for hydroxylation is 1. The van der Waals surface area contributed by atoms with Crippen molar-refractivity contribution in [2.45, 2.75) is 19.2 Å². The van der Waals surface area contributed by atoms with Crippen LogP contribution in [0.15, 0.2) is 57.7 Å². The zero-order valence-electron chi connectivity index (χ0n) is 16.1. The summed E-state index contributed by atoms with van der Waals surface area (Å²) in [5, 5.41) is 0. The molecule has 3 aromatic rings. The van der Waals surface area contributed by atoms with Gasteiger partial charge >= 0.3 is 0 Å². The van der Waals surface area contributed by atoms with Crippen molar-refractivity contribution >= 4 is 29.3 Å². The molecule has 0 amide bonds. The van der Waals surface area contributed by atoms with Gasteiger partial charge in [-0.05, 0) is 35.1 Å². The number of benzene rings is 2. The van der Waals surface area contributed by atoms with Crippen molar-refractivity contribution < 1.29 is 12.6 Å². The lowest BCUT2D eigenvalue weighted by molar-refractivity contribution is 0.582. The van der Waals surface area contributed by atoms with E-state index in [-0.39, 0.29) is 0 Å². The molecule has 2 aromatic carbocycles. The van der Waals surface area contributed by atoms with Crippen LogP contribution in [0.25, 0.3) is 11.1 Å². The highest BCUT2D eigenvalue weighted by Gasteiger charge is 2.22. The monoisotopic (exact) mass is 430 g/mol. The minimum atomic E-state index is -0.616. The van der Waals surface area contributed by atoms with E-state index in [2.05, 4.69) is 19.1 Å². The van der Waals surface area contributed by atoms with Gasteiger partial charge in [0.15, 0.2) is 0 Å². The van der Waals surface area contributed by atoms with E-state index in [4.69, 9.17) is 8.84 Å². The Morgan fingerprint density at radius 2 is 1.93 bits per heavy atom. The quantitative estimate of drug-likeness (QED) is 0.483. The smallest absolute Gasteiger partial charge is 0.135 e. The van der Waals surface area contributed by atoms with Gasteiger partial charge in [0.05, 0.1) is 12.3 Å². The summed E-state index contributed by atoms with van der Waals surface area (Å²) >= 11 is 3.08. The van der Waals surface area contributed by atoms with Gasteiger partial charge in [-0.2, -0.15) is 11.8 Å². The Morgan fingerprint density at radius 1 is 1.10 bits per heavy atom. The van der Waals surface area contributed by atoms with Crippen molar-refractivity contribution in [2.75, 3.05) is 5.75 Å². The topological polar surface area (TPSA) is 30.4 Å². The summed E-state index contributed by atoms with van der Waals surface area (Å²) in [6, 6.07) is 9.81. The number of aliphatic imine (C=N–C) groups is 1. The Labute approximate surface area is 176 Å². The van der Waals surface area contributed by atoms with Crippen LogP contribution in [0, 0.1) is 11.6 Å². The molecule has 150 valence electrons. The number of hydrogen-bond acceptors (Lipinski definition) is 4. The molecule has 7 heteroatoms. The number of hydrogen-bond donors (Lipinski definition) is 0. The summed E-state index contributed by atoms with van der Waals surface area (Å²) in [4.78, 5) is 4.70. The normalized spacial score (nSPS) is 12.6. The van der Waals surface area contributed by atoms with Crippen molar-refractivity contribution in [1.29, 1.82) is 0 Å². The van der Waals surface area contributed by atoms with Gasteiger partial charge in [-0.25, -0.2) is 8.78 Å². The van der Waals surface area contributed by atoms with Gasteiger partial charge in [-0.15, -0.1) is 0 Å². The number of fused-ring (bicyclic) bond motifs is 3. The Balaban J connectivity index is 1.96. The van der Waals surface area contributed by atoms with E-state index < -0.39 is 11.6 Å². The standard InChI is InChI=1S/C22H20F2N2OS2/c1-3-28-13-14-4-6-17-19(8-14)20-11-26(2)29-27-12-15(20)10-25-22(17)18-7-5-16(23)9-21(18)24/h4-9,11-12H,3,10,13H2,1-2H3. The largest absolute Gasteiger partial charge is 0.394 e. The van der Waals surface area contributed by atoms with Crippen LogP contribution in [0.2, 0.25) is 0 Å². The van der Waals surface area contributed by atoms with Crippen LogP contribution in [0.3, 0.4) is 0 Å². The molecule has 29 heavy (non-hydrogen) atoms. The van der Waals surface area contributed by atoms with Gasteiger partial charge in [0.2, 0.25) is 0 Å². The maximum Gasteiger partial charge on any atom is 0.135 e. The molecule has 0 saturated heterocycles. The Kier molecular flexibility index (Phi) is 5.87. The van der Waals surface area contributed by atoms with Crippen molar-refractivity contribution in [3.8, 4) is 11.1 Å². The van der Waals surface area contributed by atoms with Gasteiger partial charge in [0, 0.05) is 47.3 Å². The first-order valence-electron chi connectivity index (χ1n) is 9.25. The van der Waals surface area contributed by atoms with Crippen molar-refractivity contribution in [2.24, 2.45) is 12.0 Å². The zero-order valence-corrected chi connectivity index (χ0v) is 17.7. The van der Waals surface area contributed by atoms with Crippen LogP contribution in [0.5, 0.6) is 0 Å². The fourth-order valence-corrected chi connectivity index (χ4v) is 4.42. The van der Waals surface area contributed by atoms with E-state index in [0.29, 0.717) is 17.8 Å². The van der Waals surface area contributed by atoms with Gasteiger partial charge in [0.1, 0.15) is 29.7 Å². The van der Waals surface area contributed by atoms with Crippen molar-refractivity contribution in [1.82, 2.24) is 3.96 Å². The summed E-state index contributed by atoms with van der Waals surface area (Å²) in [6.07, 6.45) is 3.71. The first-order chi connectivity index (χ1) is 14.1. The maximum absolute atomic E-state index is 14.6. The molecule has 0 radical (unpaired) electrons. The Morgan fingerprint density at radius 3 is 2.72 bits per heavy atom. The molecule has 0 spiro atoms. The Hall–Kier alpha value is -2.38. The average molecular weight is 431 g/mol. The van der Waals surface area contributed by atoms with Crippen LogP contribution in [-0.2, 0) is 19.3 Å². The molecule has 3 nitrogen and oxygen atoms in total. The van der Waals surface area contributed by atoms with Crippen LogP contribution in [0.1, 0.15) is 29.2 Å². The van der Waals surface area contributed by atoms with Crippen molar-refractivity contribution in [3.05, 3.63) is 82.7 Å². The first-order valence-corrected chi connectivity index (χ1v) is 11.1. The second kappa shape index (κ2) is 8.55. The molecule has 0 aliphatic carbocycles. The summed E-state index contributed by atoms with van der Waals surface area (Å²) < 4.78 is 35.5. The predicted molar refractivity (Wildman–Crippen MR) is 116 cm³/mol. The second-order valence-corrected chi connectivity index (χ2v) is 8.90. The molecule has 0 atom stereocenters. The van der Waals surface area contributed by atoms with E-state index >= 15 is 0 Å². The van der Waals surface area contributed by atoms with E-state index in [0.717, 1.165) is 39.8 Å². The molecule has 1 aromatic heterocycles. The van der Waals surface area contributed by atoms with Gasteiger partial charge < -0.3 is 3.85 Å². The van der Waals surface area contributed by atoms with Gasteiger partial charge in [0.25, 0.3) is 0 Å². The van der Waals surface area contributed by atoms with E-state index in [1.54, 1.807) is 6.26 Å². The molecule has 0 saturated carbocycles. The SMILES string of the molecule is CCSCc1ccc2c(c1)-c1cn(C)socc1CN=C2c1ccc(F)cc1F. The minimum absolute atomic E-state index is 0.296. The summed E-state index contributed by atoms with van der Waals surface area (Å²) in [7, 11) is 1.91. The molecule has 0 N–H and O–H groups in total. The van der Waals surface area contributed by atoms with E-state index in [1.165, 1.54) is 29.5 Å². The molecule has 4 rings (SSSR count). The number of thioether (sulfide) groups is 1. The lowest BCUT2D eigenvalue weighted by Crippen LogP contribution is -2.08. The number of rotatable bonds is 4. The molecule has 0 bridgehead atoms. The first kappa shape index (κ1) is 19.9. The van der Waals surface area contributed by atoms with Crippen LogP contribution in [-0.4, -0.2) is 15.4 Å². The molecule has 0 unspecified atom stereocenters. The van der Waals surface area contributed by atoms with Crippen molar-refractivity contribution in [3.63, 3.8) is 0 Å². The lowest BCUT2D eigenvalue weighted by Gasteiger charge is -2.13. The third-order valence-corrected chi connectivity index (χ3v) is 6.17. The second-order valence-electron chi connectivity index (χ2n) is 6.71. The van der Waals surface area contributed by atoms with Crippen LogP contribution in [0.4, 0.5) is 8.78 Å². The minimum Gasteiger partial charge on any atom is -0.394 e. The fourth-order valence-electron chi connectivity index (χ4n) is 3.35. The summed E-state index contributed by atoms with van der Waals surface area (Å²) in [5.74, 6) is 0.713. The van der Waals surface area contributed by atoms with Crippen LogP contribution >= 0.6 is 23.6 Å². The highest BCUT2D eigenvalue weighted by atomic mass is 32.2. The van der Waals surface area contributed by atoms with Crippen LogP contribution < -0.4 is 0 Å². The molecule has 1 aliphatic heterocycles. The molecule has 0 fully saturated rings. The third kappa shape index (κ3) is 4.16. The zero-order chi connectivity index (χ0) is 20.4. The fraction of sp³-hybridized carbons (Fsp3) is 0.227. The highest BCUT2D eigenvalue weighted by Crippen LogP contribution is 2.34. The molecule has 1 aliphatic rings. The number of halogens is 2. The lowest BCUT2D eigenvalue weighted by atomic mass is 9.92.